The van der Waals surface area contributed by atoms with Crippen molar-refractivity contribution < 1.29 is 4.74 Å². The minimum atomic E-state index is 0.331. The van der Waals surface area contributed by atoms with E-state index in [2.05, 4.69) is 29.9 Å². The maximum absolute atomic E-state index is 6.28. The second-order valence-electron chi connectivity index (χ2n) is 7.03. The molecule has 1 aliphatic carbocycles. The number of nitrogens with zero attached hydrogens (tertiary/aromatic N) is 5. The molecule has 2 heterocycles. The van der Waals surface area contributed by atoms with Gasteiger partial charge in [-0.3, -0.25) is 0 Å². The highest BCUT2D eigenvalue weighted by atomic mass is 16.5. The predicted molar refractivity (Wildman–Crippen MR) is 108 cm³/mol. The van der Waals surface area contributed by atoms with Crippen molar-refractivity contribution in [3.63, 3.8) is 0 Å². The number of aromatic nitrogens is 4. The van der Waals surface area contributed by atoms with Gasteiger partial charge in [0, 0.05) is 30.9 Å². The van der Waals surface area contributed by atoms with Gasteiger partial charge in [-0.2, -0.15) is 10.1 Å². The van der Waals surface area contributed by atoms with Gasteiger partial charge in [-0.1, -0.05) is 6.42 Å². The summed E-state index contributed by atoms with van der Waals surface area (Å²) < 4.78 is 7.98. The van der Waals surface area contributed by atoms with Gasteiger partial charge in [-0.05, 0) is 63.8 Å². The fourth-order valence-corrected chi connectivity index (χ4v) is 3.78. The Morgan fingerprint density at radius 3 is 2.63 bits per heavy atom. The molecule has 6 heteroatoms. The third kappa shape index (κ3) is 3.75. The standard InChI is InChI=1S/C21H27N5O/c1-3-25(4-2)20-18-15-17(27-16-9-6-5-7-10-16)11-12-19(18)23-21(24-20)26-14-8-13-22-26/h8,11-16H,3-7,9-10H2,1-2H3. The molecule has 3 aromatic rings. The molecule has 0 N–H and O–H groups in total. The van der Waals surface area contributed by atoms with E-state index in [-0.39, 0.29) is 0 Å². The first-order valence-electron chi connectivity index (χ1n) is 10.0. The Kier molecular flexibility index (Phi) is 5.23. The summed E-state index contributed by atoms with van der Waals surface area (Å²) >= 11 is 0. The molecule has 1 aliphatic rings. The maximum Gasteiger partial charge on any atom is 0.253 e. The summed E-state index contributed by atoms with van der Waals surface area (Å²) in [6.07, 6.45) is 10.1. The fraction of sp³-hybridized carbons (Fsp3) is 0.476. The van der Waals surface area contributed by atoms with Crippen molar-refractivity contribution in [2.45, 2.75) is 52.1 Å². The number of fused-ring (bicyclic) bond motifs is 1. The van der Waals surface area contributed by atoms with Crippen LogP contribution in [0.3, 0.4) is 0 Å². The average molecular weight is 365 g/mol. The largest absolute Gasteiger partial charge is 0.490 e. The van der Waals surface area contributed by atoms with E-state index < -0.39 is 0 Å². The zero-order valence-electron chi connectivity index (χ0n) is 16.1. The molecule has 0 aliphatic heterocycles. The first-order valence-corrected chi connectivity index (χ1v) is 10.0. The van der Waals surface area contributed by atoms with E-state index >= 15 is 0 Å². The van der Waals surface area contributed by atoms with E-state index in [9.17, 15) is 0 Å². The maximum atomic E-state index is 6.28. The molecule has 2 aromatic heterocycles. The second-order valence-corrected chi connectivity index (χ2v) is 7.03. The van der Waals surface area contributed by atoms with Crippen molar-refractivity contribution in [1.29, 1.82) is 0 Å². The minimum absolute atomic E-state index is 0.331. The van der Waals surface area contributed by atoms with Crippen LogP contribution in [-0.4, -0.2) is 38.9 Å². The van der Waals surface area contributed by atoms with Crippen LogP contribution in [0.15, 0.2) is 36.7 Å². The molecule has 0 atom stereocenters. The zero-order chi connectivity index (χ0) is 18.6. The molecular weight excluding hydrogens is 338 g/mol. The second kappa shape index (κ2) is 7.94. The molecule has 0 unspecified atom stereocenters. The highest BCUT2D eigenvalue weighted by molar-refractivity contribution is 5.91. The number of anilines is 1. The normalized spacial score (nSPS) is 15.2. The van der Waals surface area contributed by atoms with Crippen molar-refractivity contribution in [2.24, 2.45) is 0 Å². The topological polar surface area (TPSA) is 56.1 Å². The summed E-state index contributed by atoms with van der Waals surface area (Å²) in [6.45, 7) is 6.06. The van der Waals surface area contributed by atoms with Crippen LogP contribution in [0.5, 0.6) is 5.75 Å². The third-order valence-electron chi connectivity index (χ3n) is 5.26. The molecule has 4 rings (SSSR count). The molecular formula is C21H27N5O. The van der Waals surface area contributed by atoms with Gasteiger partial charge in [0.25, 0.3) is 5.95 Å². The van der Waals surface area contributed by atoms with Gasteiger partial charge in [-0.15, -0.1) is 0 Å². The Labute approximate surface area is 160 Å². The lowest BCUT2D eigenvalue weighted by atomic mass is 9.98. The number of hydrogen-bond acceptors (Lipinski definition) is 5. The van der Waals surface area contributed by atoms with E-state index in [1.54, 1.807) is 10.9 Å². The lowest BCUT2D eigenvalue weighted by Crippen LogP contribution is -2.24. The third-order valence-corrected chi connectivity index (χ3v) is 5.26. The van der Waals surface area contributed by atoms with E-state index in [0.29, 0.717) is 12.1 Å². The molecule has 0 radical (unpaired) electrons. The highest BCUT2D eigenvalue weighted by Gasteiger charge is 2.18. The first-order chi connectivity index (χ1) is 13.3. The molecule has 142 valence electrons. The molecule has 0 bridgehead atoms. The summed E-state index contributed by atoms with van der Waals surface area (Å²) in [7, 11) is 0. The molecule has 6 nitrogen and oxygen atoms in total. The molecule has 1 aromatic carbocycles. The summed E-state index contributed by atoms with van der Waals surface area (Å²) in [6, 6.07) is 8.05. The van der Waals surface area contributed by atoms with Gasteiger partial charge in [-0.25, -0.2) is 9.67 Å². The van der Waals surface area contributed by atoms with Gasteiger partial charge < -0.3 is 9.64 Å². The Balaban J connectivity index is 1.76. The van der Waals surface area contributed by atoms with Crippen LogP contribution < -0.4 is 9.64 Å². The number of hydrogen-bond donors (Lipinski definition) is 0. The van der Waals surface area contributed by atoms with Crippen molar-refractivity contribution in [1.82, 2.24) is 19.7 Å². The molecule has 27 heavy (non-hydrogen) atoms. The summed E-state index contributed by atoms with van der Waals surface area (Å²) in [5, 5.41) is 5.32. The van der Waals surface area contributed by atoms with Crippen LogP contribution in [0.1, 0.15) is 46.0 Å². The van der Waals surface area contributed by atoms with E-state index in [0.717, 1.165) is 48.4 Å². The van der Waals surface area contributed by atoms with Crippen molar-refractivity contribution in [2.75, 3.05) is 18.0 Å². The summed E-state index contributed by atoms with van der Waals surface area (Å²) in [5.41, 5.74) is 0.911. The highest BCUT2D eigenvalue weighted by Crippen LogP contribution is 2.30. The zero-order valence-corrected chi connectivity index (χ0v) is 16.1. The van der Waals surface area contributed by atoms with Gasteiger partial charge >= 0.3 is 0 Å². The average Bonchev–Trinajstić information content (AvgIpc) is 3.24. The number of ether oxygens (including phenoxy) is 1. The molecule has 0 spiro atoms. The van der Waals surface area contributed by atoms with Gasteiger partial charge in [0.2, 0.25) is 0 Å². The van der Waals surface area contributed by atoms with Crippen LogP contribution in [-0.2, 0) is 0 Å². The van der Waals surface area contributed by atoms with Crippen LogP contribution in [0.25, 0.3) is 16.9 Å². The summed E-state index contributed by atoms with van der Waals surface area (Å²) in [5.74, 6) is 2.44. The van der Waals surface area contributed by atoms with Gasteiger partial charge in [0.1, 0.15) is 11.6 Å². The predicted octanol–water partition coefficient (Wildman–Crippen LogP) is 4.37. The van der Waals surface area contributed by atoms with Crippen molar-refractivity contribution >= 4 is 16.7 Å². The smallest absolute Gasteiger partial charge is 0.253 e. The van der Waals surface area contributed by atoms with Crippen LogP contribution in [0, 0.1) is 0 Å². The molecule has 0 amide bonds. The molecule has 1 fully saturated rings. The van der Waals surface area contributed by atoms with E-state index in [1.807, 2.05) is 24.4 Å². The van der Waals surface area contributed by atoms with Gasteiger partial charge in [0.15, 0.2) is 0 Å². The number of rotatable bonds is 6. The van der Waals surface area contributed by atoms with Crippen molar-refractivity contribution in [3.8, 4) is 11.7 Å². The van der Waals surface area contributed by atoms with Crippen LogP contribution in [0.4, 0.5) is 5.82 Å². The van der Waals surface area contributed by atoms with E-state index in [4.69, 9.17) is 14.7 Å². The minimum Gasteiger partial charge on any atom is -0.490 e. The summed E-state index contributed by atoms with van der Waals surface area (Å²) in [4.78, 5) is 11.8. The lowest BCUT2D eigenvalue weighted by molar-refractivity contribution is 0.155. The van der Waals surface area contributed by atoms with Gasteiger partial charge in [0.05, 0.1) is 11.6 Å². The Bertz CT molecular complexity index is 883. The Hall–Kier alpha value is -2.63. The van der Waals surface area contributed by atoms with Crippen molar-refractivity contribution in [3.05, 3.63) is 36.7 Å². The molecule has 0 saturated heterocycles. The monoisotopic (exact) mass is 365 g/mol. The van der Waals surface area contributed by atoms with E-state index in [1.165, 1.54) is 19.3 Å². The SMILES string of the molecule is CCN(CC)c1nc(-n2cccn2)nc2ccc(OC3CCCCC3)cc12. The van der Waals surface area contributed by atoms with Crippen LogP contribution in [0.2, 0.25) is 0 Å². The fourth-order valence-electron chi connectivity index (χ4n) is 3.78. The van der Waals surface area contributed by atoms with Crippen LogP contribution >= 0.6 is 0 Å². The quantitative estimate of drug-likeness (QED) is 0.649. The first kappa shape index (κ1) is 17.8. The Morgan fingerprint density at radius 2 is 1.93 bits per heavy atom. The Morgan fingerprint density at radius 1 is 1.11 bits per heavy atom. The number of benzene rings is 1. The lowest BCUT2D eigenvalue weighted by Gasteiger charge is -2.24. The molecule has 1 saturated carbocycles.